The maximum atomic E-state index is 12.5. The first-order valence-corrected chi connectivity index (χ1v) is 7.21. The van der Waals surface area contributed by atoms with Crippen molar-refractivity contribution in [2.75, 3.05) is 6.54 Å². The Morgan fingerprint density at radius 3 is 2.53 bits per heavy atom. The maximum Gasteiger partial charge on any atom is 0.240 e. The number of likely N-dealkylation sites (tertiary alicyclic amines) is 1. The second kappa shape index (κ2) is 6.20. The number of carbonyl (C=O) groups is 1. The topological polar surface area (TPSA) is 32.3 Å². The highest BCUT2D eigenvalue weighted by Crippen LogP contribution is 2.25. The summed E-state index contributed by atoms with van der Waals surface area (Å²) in [4.78, 5) is 14.6. The maximum absolute atomic E-state index is 12.5. The average molecular weight is 260 g/mol. The van der Waals surface area contributed by atoms with E-state index in [-0.39, 0.29) is 18.0 Å². The third kappa shape index (κ3) is 3.35. The molecule has 1 fully saturated rings. The van der Waals surface area contributed by atoms with Gasteiger partial charge in [-0.05, 0) is 25.3 Å². The van der Waals surface area contributed by atoms with Crippen molar-refractivity contribution in [3.8, 4) is 0 Å². The van der Waals surface area contributed by atoms with Gasteiger partial charge in [-0.15, -0.1) is 0 Å². The van der Waals surface area contributed by atoms with Crippen molar-refractivity contribution < 1.29 is 4.79 Å². The Bertz CT molecular complexity index is 416. The van der Waals surface area contributed by atoms with Crippen LogP contribution in [0.5, 0.6) is 0 Å². The molecule has 1 aliphatic rings. The molecule has 3 heteroatoms. The van der Waals surface area contributed by atoms with Crippen LogP contribution in [0.3, 0.4) is 0 Å². The van der Waals surface area contributed by atoms with Crippen LogP contribution in [-0.4, -0.2) is 29.4 Å². The first kappa shape index (κ1) is 14.1. The lowest BCUT2D eigenvalue weighted by Gasteiger charge is -2.37. The molecule has 1 N–H and O–H groups in total. The van der Waals surface area contributed by atoms with E-state index >= 15 is 0 Å². The molecule has 0 radical (unpaired) electrons. The molecule has 2 unspecified atom stereocenters. The molecular weight excluding hydrogens is 236 g/mol. The molecule has 0 saturated carbocycles. The van der Waals surface area contributed by atoms with Gasteiger partial charge >= 0.3 is 0 Å². The molecule has 1 aliphatic heterocycles. The summed E-state index contributed by atoms with van der Waals surface area (Å²) in [7, 11) is 0. The Hall–Kier alpha value is -1.35. The van der Waals surface area contributed by atoms with Crippen molar-refractivity contribution in [1.29, 1.82) is 0 Å². The van der Waals surface area contributed by atoms with Gasteiger partial charge in [0.25, 0.3) is 0 Å². The minimum atomic E-state index is -0.0140. The van der Waals surface area contributed by atoms with Crippen molar-refractivity contribution in [3.05, 3.63) is 35.9 Å². The minimum absolute atomic E-state index is 0.0140. The molecule has 0 aliphatic carbocycles. The highest BCUT2D eigenvalue weighted by atomic mass is 16.2. The Morgan fingerprint density at radius 1 is 1.21 bits per heavy atom. The van der Waals surface area contributed by atoms with Crippen LogP contribution in [-0.2, 0) is 4.79 Å². The normalized spacial score (nSPS) is 21.8. The van der Waals surface area contributed by atoms with E-state index < -0.39 is 0 Å². The van der Waals surface area contributed by atoms with Crippen LogP contribution in [0.1, 0.15) is 45.2 Å². The van der Waals surface area contributed by atoms with E-state index in [9.17, 15) is 4.79 Å². The summed E-state index contributed by atoms with van der Waals surface area (Å²) in [5, 5.41) is 3.38. The second-order valence-corrected chi connectivity index (χ2v) is 5.63. The quantitative estimate of drug-likeness (QED) is 0.903. The number of benzene rings is 1. The summed E-state index contributed by atoms with van der Waals surface area (Å²) in [6, 6.07) is 10.8. The van der Waals surface area contributed by atoms with Crippen LogP contribution in [0.2, 0.25) is 0 Å². The number of carbonyl (C=O) groups excluding carboxylic acids is 1. The van der Waals surface area contributed by atoms with Crippen LogP contribution in [0.25, 0.3) is 0 Å². The summed E-state index contributed by atoms with van der Waals surface area (Å²) in [5.74, 6) is 0.247. The van der Waals surface area contributed by atoms with Crippen LogP contribution in [0.15, 0.2) is 30.3 Å². The first-order valence-electron chi connectivity index (χ1n) is 7.21. The molecule has 0 bridgehead atoms. The zero-order chi connectivity index (χ0) is 13.8. The van der Waals surface area contributed by atoms with Gasteiger partial charge in [0.1, 0.15) is 0 Å². The molecule has 3 nitrogen and oxygen atoms in total. The van der Waals surface area contributed by atoms with Crippen LogP contribution in [0, 0.1) is 0 Å². The van der Waals surface area contributed by atoms with E-state index in [2.05, 4.69) is 38.2 Å². The fraction of sp³-hybridized carbons (Fsp3) is 0.562. The van der Waals surface area contributed by atoms with Crippen LogP contribution in [0.4, 0.5) is 0 Å². The van der Waals surface area contributed by atoms with E-state index in [0.29, 0.717) is 6.04 Å². The van der Waals surface area contributed by atoms with Gasteiger partial charge in [-0.2, -0.15) is 0 Å². The van der Waals surface area contributed by atoms with Crippen LogP contribution < -0.4 is 5.32 Å². The average Bonchev–Trinajstić information content (AvgIpc) is 2.41. The Kier molecular flexibility index (Phi) is 4.59. The Balaban J connectivity index is 2.09. The lowest BCUT2D eigenvalue weighted by molar-refractivity contribution is -0.138. The van der Waals surface area contributed by atoms with E-state index in [4.69, 9.17) is 0 Å². The summed E-state index contributed by atoms with van der Waals surface area (Å²) in [6.07, 6.45) is 2.03. The Labute approximate surface area is 116 Å². The predicted molar refractivity (Wildman–Crippen MR) is 77.9 cm³/mol. The predicted octanol–water partition coefficient (Wildman–Crippen LogP) is 2.74. The Morgan fingerprint density at radius 2 is 1.89 bits per heavy atom. The smallest absolute Gasteiger partial charge is 0.240 e. The number of rotatable bonds is 4. The molecule has 1 saturated heterocycles. The fourth-order valence-corrected chi connectivity index (χ4v) is 2.75. The van der Waals surface area contributed by atoms with Crippen molar-refractivity contribution in [3.63, 3.8) is 0 Å². The van der Waals surface area contributed by atoms with Crippen molar-refractivity contribution in [2.24, 2.45) is 0 Å². The van der Waals surface area contributed by atoms with Crippen molar-refractivity contribution in [1.82, 2.24) is 10.2 Å². The zero-order valence-corrected chi connectivity index (χ0v) is 12.1. The monoisotopic (exact) mass is 260 g/mol. The largest absolute Gasteiger partial charge is 0.335 e. The van der Waals surface area contributed by atoms with Gasteiger partial charge in [0.2, 0.25) is 5.91 Å². The summed E-state index contributed by atoms with van der Waals surface area (Å²) >= 11 is 0. The molecular formula is C16H24N2O. The third-order valence-corrected chi connectivity index (χ3v) is 3.76. The molecule has 2 atom stereocenters. The lowest BCUT2D eigenvalue weighted by Crippen LogP contribution is -2.52. The molecule has 1 heterocycles. The molecule has 19 heavy (non-hydrogen) atoms. The van der Waals surface area contributed by atoms with E-state index in [1.807, 2.05) is 23.1 Å². The van der Waals surface area contributed by atoms with Gasteiger partial charge in [0.05, 0.1) is 12.1 Å². The van der Waals surface area contributed by atoms with Gasteiger partial charge < -0.3 is 10.2 Å². The number of nitrogens with zero attached hydrogens (tertiary/aromatic N) is 1. The number of amides is 1. The molecule has 104 valence electrons. The van der Waals surface area contributed by atoms with Crippen molar-refractivity contribution >= 4 is 5.91 Å². The standard InChI is InChI=1S/C16H24N2O/c1-12(2)17-15-10-7-11-18(16(15)19)13(3)14-8-5-4-6-9-14/h4-6,8-9,12-13,15,17H,7,10-11H2,1-3H3. The van der Waals surface area contributed by atoms with Gasteiger partial charge in [0.15, 0.2) is 0 Å². The SMILES string of the molecule is CC(C)NC1CCCN(C(C)c2ccccc2)C1=O. The summed E-state index contributed by atoms with van der Waals surface area (Å²) in [5.41, 5.74) is 1.21. The van der Waals surface area contributed by atoms with Gasteiger partial charge in [-0.1, -0.05) is 44.2 Å². The molecule has 0 spiro atoms. The van der Waals surface area contributed by atoms with E-state index in [1.165, 1.54) is 5.56 Å². The molecule has 2 rings (SSSR count). The third-order valence-electron chi connectivity index (χ3n) is 3.76. The lowest BCUT2D eigenvalue weighted by atomic mass is 9.99. The highest BCUT2D eigenvalue weighted by molar-refractivity contribution is 5.83. The van der Waals surface area contributed by atoms with Gasteiger partial charge in [0, 0.05) is 12.6 Å². The summed E-state index contributed by atoms with van der Waals surface area (Å²) < 4.78 is 0. The second-order valence-electron chi connectivity index (χ2n) is 5.63. The molecule has 0 aromatic heterocycles. The zero-order valence-electron chi connectivity index (χ0n) is 12.1. The number of piperidine rings is 1. The summed E-state index contributed by atoms with van der Waals surface area (Å²) in [6.45, 7) is 7.16. The number of nitrogens with one attached hydrogen (secondary N) is 1. The molecule has 1 aromatic rings. The molecule has 1 aromatic carbocycles. The van der Waals surface area contributed by atoms with Gasteiger partial charge in [-0.25, -0.2) is 0 Å². The van der Waals surface area contributed by atoms with Gasteiger partial charge in [-0.3, -0.25) is 4.79 Å². The van der Waals surface area contributed by atoms with E-state index in [1.54, 1.807) is 0 Å². The minimum Gasteiger partial charge on any atom is -0.335 e. The highest BCUT2D eigenvalue weighted by Gasteiger charge is 2.31. The molecule has 1 amide bonds. The van der Waals surface area contributed by atoms with Crippen LogP contribution >= 0.6 is 0 Å². The first-order chi connectivity index (χ1) is 9.09. The number of hydrogen-bond donors (Lipinski definition) is 1. The van der Waals surface area contributed by atoms with Crippen molar-refractivity contribution in [2.45, 2.75) is 51.7 Å². The number of hydrogen-bond acceptors (Lipinski definition) is 2. The fourth-order valence-electron chi connectivity index (χ4n) is 2.75. The van der Waals surface area contributed by atoms with E-state index in [0.717, 1.165) is 19.4 Å².